The average Bonchev–Trinajstić information content (AvgIpc) is 2.34. The van der Waals surface area contributed by atoms with E-state index in [1.54, 1.807) is 6.07 Å². The molecule has 0 aliphatic rings. The van der Waals surface area contributed by atoms with E-state index in [1.807, 2.05) is 30.3 Å². The summed E-state index contributed by atoms with van der Waals surface area (Å²) < 4.78 is 13.9. The third kappa shape index (κ3) is 2.83. The van der Waals surface area contributed by atoms with E-state index in [1.165, 1.54) is 12.1 Å². The van der Waals surface area contributed by atoms with E-state index in [4.69, 9.17) is 5.26 Å². The maximum Gasteiger partial charge on any atom is 0.124 e. The number of benzene rings is 2. The lowest BCUT2D eigenvalue weighted by Crippen LogP contribution is -1.94. The minimum absolute atomic E-state index is 0.285. The third-order valence-electron chi connectivity index (χ3n) is 2.23. The number of anilines is 2. The smallest absolute Gasteiger partial charge is 0.124 e. The third-order valence-corrected chi connectivity index (χ3v) is 2.75. The monoisotopic (exact) mass is 290 g/mol. The van der Waals surface area contributed by atoms with Gasteiger partial charge in [0.15, 0.2) is 0 Å². The summed E-state index contributed by atoms with van der Waals surface area (Å²) in [5.41, 5.74) is 1.72. The van der Waals surface area contributed by atoms with E-state index in [2.05, 4.69) is 21.2 Å². The van der Waals surface area contributed by atoms with Crippen molar-refractivity contribution in [2.75, 3.05) is 5.32 Å². The molecule has 17 heavy (non-hydrogen) atoms. The molecule has 0 saturated heterocycles. The maximum absolute atomic E-state index is 12.9. The van der Waals surface area contributed by atoms with E-state index < -0.39 is 5.82 Å². The zero-order valence-electron chi connectivity index (χ0n) is 8.74. The molecule has 2 rings (SSSR count). The van der Waals surface area contributed by atoms with Crippen LogP contribution >= 0.6 is 15.9 Å². The molecule has 2 aromatic rings. The SMILES string of the molecule is N#Cc1cc(F)ccc1Nc1ccc(Br)cc1. The van der Waals surface area contributed by atoms with Crippen molar-refractivity contribution >= 4 is 27.3 Å². The lowest BCUT2D eigenvalue weighted by atomic mass is 10.2. The minimum atomic E-state index is -0.414. The molecule has 4 heteroatoms. The molecule has 0 heterocycles. The molecule has 0 unspecified atom stereocenters. The Bertz CT molecular complexity index is 573. The van der Waals surface area contributed by atoms with Crippen molar-refractivity contribution in [2.45, 2.75) is 0 Å². The molecule has 0 amide bonds. The van der Waals surface area contributed by atoms with Crippen LogP contribution in [0.25, 0.3) is 0 Å². The molecule has 0 atom stereocenters. The molecule has 0 radical (unpaired) electrons. The summed E-state index contributed by atoms with van der Waals surface area (Å²) in [7, 11) is 0. The number of halogens is 2. The first-order chi connectivity index (χ1) is 8.19. The highest BCUT2D eigenvalue weighted by Crippen LogP contribution is 2.22. The van der Waals surface area contributed by atoms with Gasteiger partial charge in [0, 0.05) is 10.2 Å². The zero-order valence-corrected chi connectivity index (χ0v) is 10.3. The summed E-state index contributed by atoms with van der Waals surface area (Å²) in [6.07, 6.45) is 0. The van der Waals surface area contributed by atoms with Crippen molar-refractivity contribution < 1.29 is 4.39 Å². The first kappa shape index (κ1) is 11.6. The number of nitrogens with one attached hydrogen (secondary N) is 1. The zero-order chi connectivity index (χ0) is 12.3. The molecule has 0 aliphatic heterocycles. The van der Waals surface area contributed by atoms with Gasteiger partial charge in [0.05, 0.1) is 11.3 Å². The Labute approximate surface area is 107 Å². The quantitative estimate of drug-likeness (QED) is 0.900. The van der Waals surface area contributed by atoms with E-state index in [0.717, 1.165) is 10.2 Å². The number of rotatable bonds is 2. The van der Waals surface area contributed by atoms with E-state index >= 15 is 0 Å². The van der Waals surface area contributed by atoms with Crippen LogP contribution in [-0.4, -0.2) is 0 Å². The van der Waals surface area contributed by atoms with Crippen LogP contribution in [0.2, 0.25) is 0 Å². The second kappa shape index (κ2) is 4.98. The summed E-state index contributed by atoms with van der Waals surface area (Å²) in [6.45, 7) is 0. The van der Waals surface area contributed by atoms with Gasteiger partial charge in [-0.2, -0.15) is 5.26 Å². The molecule has 0 saturated carbocycles. The molecule has 0 bridgehead atoms. The van der Waals surface area contributed by atoms with Crippen LogP contribution < -0.4 is 5.32 Å². The average molecular weight is 291 g/mol. The molecular weight excluding hydrogens is 283 g/mol. The highest BCUT2D eigenvalue weighted by atomic mass is 79.9. The van der Waals surface area contributed by atoms with Crippen molar-refractivity contribution in [3.05, 3.63) is 58.3 Å². The predicted octanol–water partition coefficient (Wildman–Crippen LogP) is 4.20. The van der Waals surface area contributed by atoms with Gasteiger partial charge in [-0.15, -0.1) is 0 Å². The number of hydrogen-bond donors (Lipinski definition) is 1. The summed E-state index contributed by atoms with van der Waals surface area (Å²) in [5, 5.41) is 12.0. The topological polar surface area (TPSA) is 35.8 Å². The maximum atomic E-state index is 12.9. The van der Waals surface area contributed by atoms with Gasteiger partial charge in [-0.3, -0.25) is 0 Å². The highest BCUT2D eigenvalue weighted by Gasteiger charge is 2.03. The van der Waals surface area contributed by atoms with Gasteiger partial charge in [-0.05, 0) is 42.5 Å². The Morgan fingerprint density at radius 1 is 1.12 bits per heavy atom. The molecular formula is C13H8BrFN2. The first-order valence-electron chi connectivity index (χ1n) is 4.91. The summed E-state index contributed by atoms with van der Waals surface area (Å²) in [6, 6.07) is 13.6. The second-order valence-corrected chi connectivity index (χ2v) is 4.35. The molecule has 2 nitrogen and oxygen atoms in total. The first-order valence-corrected chi connectivity index (χ1v) is 5.70. The Balaban J connectivity index is 2.30. The molecule has 1 N–H and O–H groups in total. The largest absolute Gasteiger partial charge is 0.354 e. The van der Waals surface area contributed by atoms with Crippen LogP contribution in [0.1, 0.15) is 5.56 Å². The fourth-order valence-corrected chi connectivity index (χ4v) is 1.67. The van der Waals surface area contributed by atoms with Crippen molar-refractivity contribution in [1.29, 1.82) is 5.26 Å². The highest BCUT2D eigenvalue weighted by molar-refractivity contribution is 9.10. The fraction of sp³-hybridized carbons (Fsp3) is 0. The predicted molar refractivity (Wildman–Crippen MR) is 68.5 cm³/mol. The normalized spacial score (nSPS) is 9.71. The van der Waals surface area contributed by atoms with Crippen LogP contribution in [0.5, 0.6) is 0 Å². The summed E-state index contributed by atoms with van der Waals surface area (Å²) in [4.78, 5) is 0. The molecule has 0 spiro atoms. The Kier molecular flexibility index (Phi) is 3.40. The number of nitrogens with zero attached hydrogens (tertiary/aromatic N) is 1. The number of hydrogen-bond acceptors (Lipinski definition) is 2. The molecule has 0 aromatic heterocycles. The van der Waals surface area contributed by atoms with E-state index in [0.29, 0.717) is 5.69 Å². The van der Waals surface area contributed by atoms with Crippen molar-refractivity contribution in [2.24, 2.45) is 0 Å². The van der Waals surface area contributed by atoms with Gasteiger partial charge in [0.1, 0.15) is 11.9 Å². The van der Waals surface area contributed by atoms with Gasteiger partial charge >= 0.3 is 0 Å². The molecule has 2 aromatic carbocycles. The number of nitriles is 1. The summed E-state index contributed by atoms with van der Waals surface area (Å²) >= 11 is 3.34. The lowest BCUT2D eigenvalue weighted by molar-refractivity contribution is 0.627. The van der Waals surface area contributed by atoms with E-state index in [-0.39, 0.29) is 5.56 Å². The van der Waals surface area contributed by atoms with Crippen molar-refractivity contribution in [3.8, 4) is 6.07 Å². The van der Waals surface area contributed by atoms with Gasteiger partial charge < -0.3 is 5.32 Å². The van der Waals surface area contributed by atoms with Crippen LogP contribution in [-0.2, 0) is 0 Å². The van der Waals surface area contributed by atoms with Gasteiger partial charge in [0.25, 0.3) is 0 Å². The standard InChI is InChI=1S/C13H8BrFN2/c14-10-1-4-12(5-2-10)17-13-6-3-11(15)7-9(13)8-16/h1-7,17H. The second-order valence-electron chi connectivity index (χ2n) is 3.43. The Morgan fingerprint density at radius 3 is 2.47 bits per heavy atom. The van der Waals surface area contributed by atoms with Crippen LogP contribution in [0, 0.1) is 17.1 Å². The van der Waals surface area contributed by atoms with Gasteiger partial charge in [-0.1, -0.05) is 15.9 Å². The van der Waals surface area contributed by atoms with Crippen molar-refractivity contribution in [1.82, 2.24) is 0 Å². The Morgan fingerprint density at radius 2 is 1.82 bits per heavy atom. The fourth-order valence-electron chi connectivity index (χ4n) is 1.41. The van der Waals surface area contributed by atoms with Crippen molar-refractivity contribution in [3.63, 3.8) is 0 Å². The molecule has 0 aliphatic carbocycles. The molecule has 0 fully saturated rings. The molecule has 84 valence electrons. The van der Waals surface area contributed by atoms with Gasteiger partial charge in [0.2, 0.25) is 0 Å². The summed E-state index contributed by atoms with van der Waals surface area (Å²) in [5.74, 6) is -0.414. The van der Waals surface area contributed by atoms with Crippen LogP contribution in [0.3, 0.4) is 0 Å². The van der Waals surface area contributed by atoms with Gasteiger partial charge in [-0.25, -0.2) is 4.39 Å². The van der Waals surface area contributed by atoms with Crippen LogP contribution in [0.15, 0.2) is 46.9 Å². The minimum Gasteiger partial charge on any atom is -0.354 e. The Hall–Kier alpha value is -1.86. The van der Waals surface area contributed by atoms with Crippen LogP contribution in [0.4, 0.5) is 15.8 Å². The van der Waals surface area contributed by atoms with E-state index in [9.17, 15) is 4.39 Å². The lowest BCUT2D eigenvalue weighted by Gasteiger charge is -2.08.